The molecule has 1 saturated heterocycles. The highest BCUT2D eigenvalue weighted by Gasteiger charge is 2.61. The highest BCUT2D eigenvalue weighted by Crippen LogP contribution is 2.43. The molecule has 10 heteroatoms. The van der Waals surface area contributed by atoms with Gasteiger partial charge in [0.15, 0.2) is 0 Å². The van der Waals surface area contributed by atoms with E-state index in [0.29, 0.717) is 18.6 Å². The Kier molecular flexibility index (Phi) is 7.58. The van der Waals surface area contributed by atoms with E-state index >= 15 is 0 Å². The predicted octanol–water partition coefficient (Wildman–Crippen LogP) is 4.05. The smallest absolute Gasteiger partial charge is 0.359 e. The quantitative estimate of drug-likeness (QED) is 0.247. The number of fused-ring (bicyclic) bond motifs is 1. The van der Waals surface area contributed by atoms with Gasteiger partial charge in [-0.15, -0.1) is 11.8 Å². The minimum atomic E-state index is -4.49. The average molecular weight is 510 g/mol. The molecule has 1 fully saturated rings. The Balaban J connectivity index is 1.58. The van der Waals surface area contributed by atoms with Crippen molar-refractivity contribution in [2.75, 3.05) is 12.4 Å². The first-order valence-electron chi connectivity index (χ1n) is 11.4. The van der Waals surface area contributed by atoms with Gasteiger partial charge in [0.25, 0.3) is 0 Å². The molecule has 0 radical (unpaired) electrons. The van der Waals surface area contributed by atoms with Crippen LogP contribution in [0.4, 0.5) is 0 Å². The highest BCUT2D eigenvalue weighted by molar-refractivity contribution is 7.99. The van der Waals surface area contributed by atoms with Gasteiger partial charge in [-0.3, -0.25) is 9.87 Å². The monoisotopic (exact) mass is 509 g/mol. The maximum absolute atomic E-state index is 11.4. The average Bonchev–Trinajstić information content (AvgIpc) is 3.64. The largest absolute Gasteiger partial charge is 0.493 e. The molecular formula is C24H31NO7S2. The van der Waals surface area contributed by atoms with Crippen molar-refractivity contribution in [3.05, 3.63) is 59.7 Å². The molecule has 0 amide bonds. The van der Waals surface area contributed by atoms with Crippen LogP contribution in [0.15, 0.2) is 53.4 Å². The molecule has 2 aliphatic rings. The van der Waals surface area contributed by atoms with E-state index in [0.717, 1.165) is 28.2 Å². The second-order valence-electron chi connectivity index (χ2n) is 8.80. The third-order valence-corrected chi connectivity index (χ3v) is 8.98. The van der Waals surface area contributed by atoms with Crippen LogP contribution in [-0.4, -0.2) is 47.2 Å². The number of benzene rings is 2. The van der Waals surface area contributed by atoms with Gasteiger partial charge in [0, 0.05) is 16.2 Å². The van der Waals surface area contributed by atoms with E-state index < -0.39 is 15.2 Å². The summed E-state index contributed by atoms with van der Waals surface area (Å²) < 4.78 is 37.7. The van der Waals surface area contributed by atoms with Gasteiger partial charge in [-0.1, -0.05) is 50.2 Å². The standard InChI is InChI=1S/C24H31NO7S2/c1-3-18(26)15-23(4-2)16-33-21-14-19(30-13-12-24(31-32-24)34(27,28)29)10-11-20(21)22(25-23)17-8-6-5-7-9-17/h5-11,14,18,22,25-26H,3-4,12-13,15-16H2,1-2H3,(H,27,28,29)/t18?,22-,23-/m0/s1. The fourth-order valence-corrected chi connectivity index (χ4v) is 6.15. The molecule has 2 aromatic rings. The van der Waals surface area contributed by atoms with E-state index in [1.54, 1.807) is 11.8 Å². The van der Waals surface area contributed by atoms with E-state index in [2.05, 4.69) is 34.1 Å². The van der Waals surface area contributed by atoms with Gasteiger partial charge in [0.1, 0.15) is 5.75 Å². The molecule has 0 spiro atoms. The summed E-state index contributed by atoms with van der Waals surface area (Å²) in [5.74, 6) is 1.37. The fourth-order valence-electron chi connectivity index (χ4n) is 4.22. The topological polar surface area (TPSA) is 121 Å². The lowest BCUT2D eigenvalue weighted by Gasteiger charge is -2.37. The van der Waals surface area contributed by atoms with E-state index in [1.165, 1.54) is 0 Å². The number of rotatable bonds is 10. The van der Waals surface area contributed by atoms with Crippen molar-refractivity contribution in [3.8, 4) is 5.75 Å². The molecule has 4 rings (SSSR count). The maximum Gasteiger partial charge on any atom is 0.359 e. The van der Waals surface area contributed by atoms with E-state index in [1.807, 2.05) is 43.3 Å². The van der Waals surface area contributed by atoms with Gasteiger partial charge >= 0.3 is 15.2 Å². The minimum absolute atomic E-state index is 0.00873. The van der Waals surface area contributed by atoms with Crippen LogP contribution in [0.3, 0.4) is 0 Å². The molecule has 0 aromatic heterocycles. The SMILES string of the molecule is CCC(O)C[C@@]1(CC)CSc2cc(OCCC3(S(=O)(=O)O)OO3)ccc2[C@H](c2ccccc2)N1. The van der Waals surface area contributed by atoms with Crippen molar-refractivity contribution in [1.29, 1.82) is 0 Å². The molecule has 2 aliphatic heterocycles. The Morgan fingerprint density at radius 2 is 1.94 bits per heavy atom. The van der Waals surface area contributed by atoms with Crippen LogP contribution in [-0.2, 0) is 19.9 Å². The first kappa shape index (κ1) is 25.4. The van der Waals surface area contributed by atoms with Crippen LogP contribution in [0.25, 0.3) is 0 Å². The molecule has 186 valence electrons. The maximum atomic E-state index is 11.4. The number of aliphatic hydroxyl groups excluding tert-OH is 1. The van der Waals surface area contributed by atoms with Crippen molar-refractivity contribution in [2.45, 2.75) is 67.2 Å². The second kappa shape index (κ2) is 10.1. The summed E-state index contributed by atoms with van der Waals surface area (Å²) in [6.07, 6.45) is 1.69. The first-order chi connectivity index (χ1) is 16.2. The number of hydrogen-bond donors (Lipinski definition) is 3. The number of ether oxygens (including phenoxy) is 1. The third kappa shape index (κ3) is 5.43. The predicted molar refractivity (Wildman–Crippen MR) is 129 cm³/mol. The van der Waals surface area contributed by atoms with Crippen LogP contribution in [0.5, 0.6) is 5.75 Å². The van der Waals surface area contributed by atoms with Gasteiger partial charge in [-0.05, 0) is 42.5 Å². The lowest BCUT2D eigenvalue weighted by atomic mass is 9.87. The van der Waals surface area contributed by atoms with Crippen LogP contribution in [0.1, 0.15) is 56.7 Å². The van der Waals surface area contributed by atoms with Gasteiger partial charge < -0.3 is 9.84 Å². The summed E-state index contributed by atoms with van der Waals surface area (Å²) >= 11 is 1.72. The molecular weight excluding hydrogens is 478 g/mol. The zero-order chi connectivity index (χ0) is 24.4. The summed E-state index contributed by atoms with van der Waals surface area (Å²) in [5, 5.41) is 12.3. The van der Waals surface area contributed by atoms with Crippen LogP contribution in [0.2, 0.25) is 0 Å². The molecule has 8 nitrogen and oxygen atoms in total. The molecule has 0 saturated carbocycles. The Labute approximate surface area is 204 Å². The summed E-state index contributed by atoms with van der Waals surface area (Å²) in [7, 11) is -4.49. The van der Waals surface area contributed by atoms with Gasteiger partial charge in [0.2, 0.25) is 0 Å². The van der Waals surface area contributed by atoms with E-state index in [4.69, 9.17) is 4.74 Å². The van der Waals surface area contributed by atoms with Gasteiger partial charge in [0.05, 0.1) is 25.2 Å². The molecule has 3 N–H and O–H groups in total. The van der Waals surface area contributed by atoms with E-state index in [9.17, 15) is 18.1 Å². The summed E-state index contributed by atoms with van der Waals surface area (Å²) in [6, 6.07) is 16.0. The van der Waals surface area contributed by atoms with Crippen molar-refractivity contribution < 1.29 is 32.6 Å². The normalized spacial score (nSPS) is 24.6. The molecule has 1 unspecified atom stereocenters. The second-order valence-corrected chi connectivity index (χ2v) is 11.4. The minimum Gasteiger partial charge on any atom is -0.493 e. The third-order valence-electron chi connectivity index (χ3n) is 6.50. The van der Waals surface area contributed by atoms with Crippen LogP contribution in [0, 0.1) is 0 Å². The first-order valence-corrected chi connectivity index (χ1v) is 13.9. The summed E-state index contributed by atoms with van der Waals surface area (Å²) in [5.41, 5.74) is 2.01. The Bertz CT molecular complexity index is 1090. The fraction of sp³-hybridized carbons (Fsp3) is 0.500. The Hall–Kier alpha value is -1.66. The molecule has 0 bridgehead atoms. The summed E-state index contributed by atoms with van der Waals surface area (Å²) in [6.45, 7) is 4.13. The molecule has 34 heavy (non-hydrogen) atoms. The molecule has 3 atom stereocenters. The van der Waals surface area contributed by atoms with Gasteiger partial charge in [-0.25, -0.2) is 0 Å². The Morgan fingerprint density at radius 3 is 2.56 bits per heavy atom. The Morgan fingerprint density at radius 1 is 1.21 bits per heavy atom. The van der Waals surface area contributed by atoms with Crippen molar-refractivity contribution in [2.24, 2.45) is 0 Å². The molecule has 2 aromatic carbocycles. The van der Waals surface area contributed by atoms with Gasteiger partial charge in [-0.2, -0.15) is 18.2 Å². The lowest BCUT2D eigenvalue weighted by molar-refractivity contribution is 0.0850. The van der Waals surface area contributed by atoms with Crippen LogP contribution < -0.4 is 10.1 Å². The highest BCUT2D eigenvalue weighted by atomic mass is 32.2. The van der Waals surface area contributed by atoms with E-state index in [-0.39, 0.29) is 30.7 Å². The summed E-state index contributed by atoms with van der Waals surface area (Å²) in [4.78, 5) is 10.0. The van der Waals surface area contributed by atoms with Crippen molar-refractivity contribution in [1.82, 2.24) is 5.32 Å². The number of aliphatic hydroxyl groups is 1. The molecule has 0 aliphatic carbocycles. The number of hydrogen-bond acceptors (Lipinski definition) is 8. The zero-order valence-corrected chi connectivity index (χ0v) is 20.9. The van der Waals surface area contributed by atoms with Crippen LogP contribution >= 0.6 is 11.8 Å². The lowest BCUT2D eigenvalue weighted by Crippen LogP contribution is -2.50. The number of thioether (sulfide) groups is 1. The van der Waals surface area contributed by atoms with Crippen molar-refractivity contribution in [3.63, 3.8) is 0 Å². The zero-order valence-electron chi connectivity index (χ0n) is 19.3. The molecule has 2 heterocycles. The number of nitrogens with one attached hydrogen (secondary N) is 1. The van der Waals surface area contributed by atoms with Crippen molar-refractivity contribution >= 4 is 21.9 Å².